The number of carbonyl (C=O) groups is 1. The van der Waals surface area contributed by atoms with Crippen molar-refractivity contribution < 1.29 is 4.79 Å². The first-order valence-corrected chi connectivity index (χ1v) is 5.74. The number of aryl methyl sites for hydroxylation is 1. The fourth-order valence-corrected chi connectivity index (χ4v) is 2.23. The highest BCUT2D eigenvalue weighted by molar-refractivity contribution is 5.93. The number of primary amides is 1. The molecule has 1 heterocycles. The number of hydrogen-bond donors (Lipinski definition) is 1. The number of rotatable bonds is 2. The predicted octanol–water partition coefficient (Wildman–Crippen LogP) is 1.21. The van der Waals surface area contributed by atoms with Crippen LogP contribution < -0.4 is 5.73 Å². The molecule has 0 fully saturated rings. The van der Waals surface area contributed by atoms with Crippen LogP contribution in [-0.4, -0.2) is 20.7 Å². The Kier molecular flexibility index (Phi) is 2.44. The fraction of sp³-hybridized carbons (Fsp3) is 0.154. The molecule has 0 saturated heterocycles. The van der Waals surface area contributed by atoms with Gasteiger partial charge < -0.3 is 5.73 Å². The van der Waals surface area contributed by atoms with Crippen LogP contribution in [0.1, 0.15) is 27.9 Å². The van der Waals surface area contributed by atoms with Crippen LogP contribution >= 0.6 is 0 Å². The van der Waals surface area contributed by atoms with E-state index in [-0.39, 0.29) is 0 Å². The van der Waals surface area contributed by atoms with Gasteiger partial charge in [-0.15, -0.1) is 0 Å². The molecule has 90 valence electrons. The molecule has 0 unspecified atom stereocenters. The molecule has 18 heavy (non-hydrogen) atoms. The van der Waals surface area contributed by atoms with Crippen molar-refractivity contribution in [2.45, 2.75) is 12.8 Å². The van der Waals surface area contributed by atoms with Crippen LogP contribution in [0.5, 0.6) is 0 Å². The molecule has 0 saturated carbocycles. The summed E-state index contributed by atoms with van der Waals surface area (Å²) in [4.78, 5) is 15.1. The van der Waals surface area contributed by atoms with Gasteiger partial charge in [0.05, 0.1) is 5.70 Å². The highest BCUT2D eigenvalue weighted by Crippen LogP contribution is 2.27. The largest absolute Gasteiger partial charge is 0.366 e. The number of hydrogen-bond acceptors (Lipinski definition) is 3. The van der Waals surface area contributed by atoms with Crippen molar-refractivity contribution in [3.05, 3.63) is 53.6 Å². The normalized spacial score (nSPS) is 13.9. The van der Waals surface area contributed by atoms with E-state index in [9.17, 15) is 4.79 Å². The van der Waals surface area contributed by atoms with Gasteiger partial charge in [-0.25, -0.2) is 9.67 Å². The van der Waals surface area contributed by atoms with E-state index in [1.165, 1.54) is 6.33 Å². The van der Waals surface area contributed by atoms with Gasteiger partial charge in [0.15, 0.2) is 0 Å². The molecule has 2 aromatic rings. The molecule has 0 aliphatic heterocycles. The van der Waals surface area contributed by atoms with Crippen molar-refractivity contribution in [1.29, 1.82) is 0 Å². The molecule has 5 nitrogen and oxygen atoms in total. The standard InChI is InChI=1S/C13H12N4O/c14-13(18)10-4-5-11-9(6-10)2-1-3-12(11)17-8-15-7-16-17/h3-8H,1-2H2,(H2,14,18). The molecule has 2 N–H and O–H groups in total. The van der Waals surface area contributed by atoms with Crippen LogP contribution in [0.4, 0.5) is 0 Å². The average Bonchev–Trinajstić information content (AvgIpc) is 2.91. The summed E-state index contributed by atoms with van der Waals surface area (Å²) in [7, 11) is 0. The minimum Gasteiger partial charge on any atom is -0.366 e. The first kappa shape index (κ1) is 10.7. The Morgan fingerprint density at radius 3 is 3.00 bits per heavy atom. The van der Waals surface area contributed by atoms with Gasteiger partial charge in [-0.1, -0.05) is 12.1 Å². The lowest BCUT2D eigenvalue weighted by atomic mass is 9.93. The zero-order valence-electron chi connectivity index (χ0n) is 9.71. The van der Waals surface area contributed by atoms with E-state index in [1.54, 1.807) is 17.1 Å². The number of benzene rings is 1. The van der Waals surface area contributed by atoms with E-state index < -0.39 is 5.91 Å². The topological polar surface area (TPSA) is 73.8 Å². The molecule has 1 aliphatic carbocycles. The number of nitrogens with zero attached hydrogens (tertiary/aromatic N) is 3. The molecule has 5 heteroatoms. The molecule has 0 spiro atoms. The van der Waals surface area contributed by atoms with Crippen LogP contribution in [0.25, 0.3) is 5.70 Å². The predicted molar refractivity (Wildman–Crippen MR) is 66.7 cm³/mol. The second-order valence-corrected chi connectivity index (χ2v) is 4.20. The summed E-state index contributed by atoms with van der Waals surface area (Å²) >= 11 is 0. The summed E-state index contributed by atoms with van der Waals surface area (Å²) in [5.74, 6) is -0.394. The maximum absolute atomic E-state index is 11.2. The van der Waals surface area contributed by atoms with Crippen molar-refractivity contribution in [2.75, 3.05) is 0 Å². The highest BCUT2D eigenvalue weighted by Gasteiger charge is 2.16. The third-order valence-electron chi connectivity index (χ3n) is 3.08. The van der Waals surface area contributed by atoms with Crippen molar-refractivity contribution >= 4 is 11.6 Å². The maximum Gasteiger partial charge on any atom is 0.248 e. The van der Waals surface area contributed by atoms with Crippen LogP contribution in [0.15, 0.2) is 36.9 Å². The number of aromatic nitrogens is 3. The van der Waals surface area contributed by atoms with Gasteiger partial charge in [0, 0.05) is 11.1 Å². The molecule has 1 aromatic heterocycles. The Morgan fingerprint density at radius 1 is 1.39 bits per heavy atom. The summed E-state index contributed by atoms with van der Waals surface area (Å²) in [6.45, 7) is 0. The molecule has 0 atom stereocenters. The van der Waals surface area contributed by atoms with Crippen molar-refractivity contribution in [3.8, 4) is 0 Å². The highest BCUT2D eigenvalue weighted by atomic mass is 16.1. The lowest BCUT2D eigenvalue weighted by molar-refractivity contribution is 0.1000. The molecule has 0 radical (unpaired) electrons. The van der Waals surface area contributed by atoms with Gasteiger partial charge in [-0.2, -0.15) is 5.10 Å². The number of carbonyl (C=O) groups excluding carboxylic acids is 1. The van der Waals surface area contributed by atoms with Crippen molar-refractivity contribution in [1.82, 2.24) is 14.8 Å². The van der Waals surface area contributed by atoms with Crippen molar-refractivity contribution in [3.63, 3.8) is 0 Å². The van der Waals surface area contributed by atoms with Gasteiger partial charge in [0.1, 0.15) is 12.7 Å². The third kappa shape index (κ3) is 1.69. The van der Waals surface area contributed by atoms with Gasteiger partial charge in [-0.05, 0) is 30.5 Å². The second-order valence-electron chi connectivity index (χ2n) is 4.20. The average molecular weight is 240 g/mol. The maximum atomic E-state index is 11.2. The minimum absolute atomic E-state index is 0.394. The van der Waals surface area contributed by atoms with E-state index in [2.05, 4.69) is 16.2 Å². The van der Waals surface area contributed by atoms with E-state index >= 15 is 0 Å². The Bertz CT molecular complexity index is 628. The number of allylic oxidation sites excluding steroid dienone is 1. The molecular weight excluding hydrogens is 228 g/mol. The molecule has 1 aliphatic rings. The monoisotopic (exact) mass is 240 g/mol. The van der Waals surface area contributed by atoms with Gasteiger partial charge in [-0.3, -0.25) is 4.79 Å². The quantitative estimate of drug-likeness (QED) is 0.857. The first-order chi connectivity index (χ1) is 8.75. The zero-order chi connectivity index (χ0) is 12.5. The minimum atomic E-state index is -0.394. The SMILES string of the molecule is NC(=O)c1ccc2c(c1)CCC=C2n1cncn1. The van der Waals surface area contributed by atoms with E-state index in [4.69, 9.17) is 5.73 Å². The van der Waals surface area contributed by atoms with Crippen LogP contribution in [-0.2, 0) is 6.42 Å². The number of amides is 1. The Labute approximate surface area is 104 Å². The summed E-state index contributed by atoms with van der Waals surface area (Å²) in [6, 6.07) is 5.53. The third-order valence-corrected chi connectivity index (χ3v) is 3.08. The first-order valence-electron chi connectivity index (χ1n) is 5.74. The van der Waals surface area contributed by atoms with Crippen LogP contribution in [0, 0.1) is 0 Å². The Morgan fingerprint density at radius 2 is 2.28 bits per heavy atom. The molecule has 0 bridgehead atoms. The van der Waals surface area contributed by atoms with Crippen LogP contribution in [0.2, 0.25) is 0 Å². The lowest BCUT2D eigenvalue weighted by Gasteiger charge is -2.17. The molecular formula is C13H12N4O. The number of fused-ring (bicyclic) bond motifs is 1. The molecule has 3 rings (SSSR count). The van der Waals surface area contributed by atoms with E-state index in [1.807, 2.05) is 12.1 Å². The summed E-state index contributed by atoms with van der Waals surface area (Å²) in [5.41, 5.74) is 9.05. The Hall–Kier alpha value is -2.43. The van der Waals surface area contributed by atoms with E-state index in [0.29, 0.717) is 5.56 Å². The summed E-state index contributed by atoms with van der Waals surface area (Å²) in [5, 5.41) is 4.14. The van der Waals surface area contributed by atoms with Gasteiger partial charge in [0.25, 0.3) is 0 Å². The summed E-state index contributed by atoms with van der Waals surface area (Å²) < 4.78 is 1.74. The number of nitrogens with two attached hydrogens (primary N) is 1. The fourth-order valence-electron chi connectivity index (χ4n) is 2.23. The van der Waals surface area contributed by atoms with Gasteiger partial charge >= 0.3 is 0 Å². The lowest BCUT2D eigenvalue weighted by Crippen LogP contribution is -2.13. The van der Waals surface area contributed by atoms with Crippen LogP contribution in [0.3, 0.4) is 0 Å². The van der Waals surface area contributed by atoms with Crippen molar-refractivity contribution in [2.24, 2.45) is 5.73 Å². The smallest absolute Gasteiger partial charge is 0.248 e. The Balaban J connectivity index is 2.09. The molecule has 1 aromatic carbocycles. The second kappa shape index (κ2) is 4.10. The molecule has 1 amide bonds. The zero-order valence-corrected chi connectivity index (χ0v) is 9.71. The summed E-state index contributed by atoms with van der Waals surface area (Å²) in [6.07, 6.45) is 7.13. The van der Waals surface area contributed by atoms with E-state index in [0.717, 1.165) is 29.7 Å². The van der Waals surface area contributed by atoms with Gasteiger partial charge in [0.2, 0.25) is 5.91 Å².